The summed E-state index contributed by atoms with van der Waals surface area (Å²) in [7, 11) is 0. The number of nitrogens with one attached hydrogen (secondary N) is 1. The molecule has 0 spiro atoms. The average Bonchev–Trinajstić information content (AvgIpc) is 2.73. The molecule has 3 rings (SSSR count). The van der Waals surface area contributed by atoms with Crippen molar-refractivity contribution in [2.45, 2.75) is 6.61 Å². The van der Waals surface area contributed by atoms with Gasteiger partial charge >= 0.3 is 0 Å². The average molecular weight is 394 g/mol. The van der Waals surface area contributed by atoms with Crippen LogP contribution in [0.5, 0.6) is 11.5 Å². The number of carbonyl (C=O) groups is 1. The molecule has 0 heterocycles. The van der Waals surface area contributed by atoms with E-state index >= 15 is 0 Å². The standard InChI is InChI=1S/C23H20ClNO3/c1-2-14-27-20-11-9-19(10-12-20)25-23(26)21-15-18(24)8-13-22(21)28-16-17-6-4-3-5-7-17/h2-13,15H,1,14,16H2,(H,25,26). The fourth-order valence-corrected chi connectivity index (χ4v) is 2.70. The first-order chi connectivity index (χ1) is 13.7. The Kier molecular flexibility index (Phi) is 6.71. The third-order valence-electron chi connectivity index (χ3n) is 3.90. The topological polar surface area (TPSA) is 47.6 Å². The molecule has 0 fully saturated rings. The lowest BCUT2D eigenvalue weighted by Gasteiger charge is -2.13. The van der Waals surface area contributed by atoms with E-state index in [1.165, 1.54) is 0 Å². The molecule has 0 atom stereocenters. The molecule has 0 radical (unpaired) electrons. The Labute approximate surface area is 169 Å². The first kappa shape index (κ1) is 19.5. The molecular formula is C23H20ClNO3. The molecule has 0 aliphatic rings. The van der Waals surface area contributed by atoms with Crippen LogP contribution >= 0.6 is 11.6 Å². The highest BCUT2D eigenvalue weighted by Crippen LogP contribution is 2.25. The van der Waals surface area contributed by atoms with Gasteiger partial charge in [0.1, 0.15) is 24.7 Å². The second kappa shape index (κ2) is 9.62. The second-order valence-corrected chi connectivity index (χ2v) is 6.43. The number of hydrogen-bond acceptors (Lipinski definition) is 3. The van der Waals surface area contributed by atoms with Gasteiger partial charge in [0.15, 0.2) is 0 Å². The van der Waals surface area contributed by atoms with Gasteiger partial charge in [-0.1, -0.05) is 54.6 Å². The van der Waals surface area contributed by atoms with E-state index in [1.807, 2.05) is 30.3 Å². The molecule has 142 valence electrons. The van der Waals surface area contributed by atoms with E-state index in [-0.39, 0.29) is 5.91 Å². The number of ether oxygens (including phenoxy) is 2. The van der Waals surface area contributed by atoms with E-state index in [4.69, 9.17) is 21.1 Å². The summed E-state index contributed by atoms with van der Waals surface area (Å²) in [4.78, 5) is 12.8. The zero-order valence-electron chi connectivity index (χ0n) is 15.2. The largest absolute Gasteiger partial charge is 0.490 e. The van der Waals surface area contributed by atoms with Crippen LogP contribution in [0.1, 0.15) is 15.9 Å². The van der Waals surface area contributed by atoms with Crippen molar-refractivity contribution in [2.24, 2.45) is 0 Å². The molecule has 0 bridgehead atoms. The smallest absolute Gasteiger partial charge is 0.259 e. The summed E-state index contributed by atoms with van der Waals surface area (Å²) >= 11 is 6.09. The van der Waals surface area contributed by atoms with Crippen molar-refractivity contribution < 1.29 is 14.3 Å². The van der Waals surface area contributed by atoms with E-state index in [0.29, 0.717) is 41.0 Å². The highest BCUT2D eigenvalue weighted by Gasteiger charge is 2.14. The fraction of sp³-hybridized carbons (Fsp3) is 0.0870. The predicted octanol–water partition coefficient (Wildman–Crippen LogP) is 5.74. The van der Waals surface area contributed by atoms with Gasteiger partial charge in [-0.25, -0.2) is 0 Å². The minimum absolute atomic E-state index is 0.301. The van der Waals surface area contributed by atoms with Crippen molar-refractivity contribution in [2.75, 3.05) is 11.9 Å². The highest BCUT2D eigenvalue weighted by atomic mass is 35.5. The van der Waals surface area contributed by atoms with E-state index in [2.05, 4.69) is 11.9 Å². The van der Waals surface area contributed by atoms with Gasteiger partial charge in [-0.2, -0.15) is 0 Å². The molecule has 0 aliphatic heterocycles. The molecular weight excluding hydrogens is 374 g/mol. The number of benzene rings is 3. The van der Waals surface area contributed by atoms with Crippen molar-refractivity contribution in [3.63, 3.8) is 0 Å². The Morgan fingerprint density at radius 3 is 2.46 bits per heavy atom. The lowest BCUT2D eigenvalue weighted by molar-refractivity contribution is 0.102. The molecule has 3 aromatic carbocycles. The molecule has 0 saturated carbocycles. The van der Waals surface area contributed by atoms with Gasteiger partial charge in [0.05, 0.1) is 5.56 Å². The molecule has 3 aromatic rings. The summed E-state index contributed by atoms with van der Waals surface area (Å²) in [5, 5.41) is 3.32. The fourth-order valence-electron chi connectivity index (χ4n) is 2.53. The van der Waals surface area contributed by atoms with Crippen molar-refractivity contribution in [1.29, 1.82) is 0 Å². The third kappa shape index (κ3) is 5.38. The van der Waals surface area contributed by atoms with E-state index in [1.54, 1.807) is 48.5 Å². The number of halogens is 1. The van der Waals surface area contributed by atoms with Crippen LogP contribution in [0.15, 0.2) is 85.5 Å². The molecule has 5 heteroatoms. The van der Waals surface area contributed by atoms with Gasteiger partial charge in [-0.05, 0) is 48.0 Å². The van der Waals surface area contributed by atoms with Crippen LogP contribution in [0.3, 0.4) is 0 Å². The Balaban J connectivity index is 1.71. The van der Waals surface area contributed by atoms with E-state index in [0.717, 1.165) is 5.56 Å². The monoisotopic (exact) mass is 393 g/mol. The van der Waals surface area contributed by atoms with Crippen molar-refractivity contribution in [3.8, 4) is 11.5 Å². The summed E-state index contributed by atoms with van der Waals surface area (Å²) in [6.45, 7) is 4.40. The van der Waals surface area contributed by atoms with Gasteiger partial charge in [-0.3, -0.25) is 4.79 Å². The van der Waals surface area contributed by atoms with Crippen LogP contribution in [0.25, 0.3) is 0 Å². The van der Waals surface area contributed by atoms with Crippen LogP contribution in [0, 0.1) is 0 Å². The summed E-state index contributed by atoms with van der Waals surface area (Å²) in [5.74, 6) is 0.870. The number of anilines is 1. The van der Waals surface area contributed by atoms with E-state index < -0.39 is 0 Å². The number of amides is 1. The lowest BCUT2D eigenvalue weighted by atomic mass is 10.1. The number of rotatable bonds is 8. The zero-order valence-corrected chi connectivity index (χ0v) is 16.0. The summed E-state index contributed by atoms with van der Waals surface area (Å²) in [5.41, 5.74) is 2.03. The van der Waals surface area contributed by atoms with Gasteiger partial charge in [0.2, 0.25) is 0 Å². The predicted molar refractivity (Wildman–Crippen MR) is 112 cm³/mol. The first-order valence-corrected chi connectivity index (χ1v) is 9.15. The quantitative estimate of drug-likeness (QED) is 0.496. The zero-order chi connectivity index (χ0) is 19.8. The molecule has 0 unspecified atom stereocenters. The minimum Gasteiger partial charge on any atom is -0.490 e. The van der Waals surface area contributed by atoms with Crippen LogP contribution in [-0.4, -0.2) is 12.5 Å². The maximum Gasteiger partial charge on any atom is 0.259 e. The third-order valence-corrected chi connectivity index (χ3v) is 4.14. The first-order valence-electron chi connectivity index (χ1n) is 8.77. The maximum atomic E-state index is 12.8. The van der Waals surface area contributed by atoms with Gasteiger partial charge in [0, 0.05) is 10.7 Å². The molecule has 1 N–H and O–H groups in total. The minimum atomic E-state index is -0.301. The van der Waals surface area contributed by atoms with Gasteiger partial charge in [0.25, 0.3) is 5.91 Å². The maximum absolute atomic E-state index is 12.8. The second-order valence-electron chi connectivity index (χ2n) is 5.99. The van der Waals surface area contributed by atoms with E-state index in [9.17, 15) is 4.79 Å². The summed E-state index contributed by atoms with van der Waals surface area (Å²) in [6.07, 6.45) is 1.67. The molecule has 0 aromatic heterocycles. The molecule has 1 amide bonds. The van der Waals surface area contributed by atoms with Crippen LogP contribution < -0.4 is 14.8 Å². The van der Waals surface area contributed by atoms with Crippen molar-refractivity contribution in [3.05, 3.63) is 102 Å². The highest BCUT2D eigenvalue weighted by molar-refractivity contribution is 6.31. The normalized spacial score (nSPS) is 10.2. The van der Waals surface area contributed by atoms with Gasteiger partial charge < -0.3 is 14.8 Å². The van der Waals surface area contributed by atoms with Crippen LogP contribution in [-0.2, 0) is 6.61 Å². The number of carbonyl (C=O) groups excluding carboxylic acids is 1. The SMILES string of the molecule is C=CCOc1ccc(NC(=O)c2cc(Cl)ccc2OCc2ccccc2)cc1. The van der Waals surface area contributed by atoms with Crippen molar-refractivity contribution in [1.82, 2.24) is 0 Å². The van der Waals surface area contributed by atoms with Gasteiger partial charge in [-0.15, -0.1) is 0 Å². The van der Waals surface area contributed by atoms with Crippen LogP contribution in [0.4, 0.5) is 5.69 Å². The van der Waals surface area contributed by atoms with Crippen LogP contribution in [0.2, 0.25) is 5.02 Å². The number of hydrogen-bond donors (Lipinski definition) is 1. The lowest BCUT2D eigenvalue weighted by Crippen LogP contribution is -2.13. The van der Waals surface area contributed by atoms with Crippen molar-refractivity contribution >= 4 is 23.2 Å². The Bertz CT molecular complexity index is 940. The molecule has 0 aliphatic carbocycles. The molecule has 0 saturated heterocycles. The Morgan fingerprint density at radius 1 is 1.00 bits per heavy atom. The Hall–Kier alpha value is -3.24. The Morgan fingerprint density at radius 2 is 1.75 bits per heavy atom. The molecule has 4 nitrogen and oxygen atoms in total. The molecule has 28 heavy (non-hydrogen) atoms. The summed E-state index contributed by atoms with van der Waals surface area (Å²) < 4.78 is 11.3. The summed E-state index contributed by atoms with van der Waals surface area (Å²) in [6, 6.07) is 21.9.